The quantitative estimate of drug-likeness (QED) is 0.746. The average molecular weight is 321 g/mol. The van der Waals surface area contributed by atoms with Crippen LogP contribution in [0.5, 0.6) is 0 Å². The molecular formula is C20H23N3O. The highest BCUT2D eigenvalue weighted by atomic mass is 16.2. The van der Waals surface area contributed by atoms with E-state index in [2.05, 4.69) is 48.9 Å². The van der Waals surface area contributed by atoms with Gasteiger partial charge in [0.05, 0.1) is 0 Å². The van der Waals surface area contributed by atoms with Crippen molar-refractivity contribution in [3.8, 4) is 11.8 Å². The first-order valence-electron chi connectivity index (χ1n) is 8.59. The number of nitrogens with two attached hydrogens (primary N) is 1. The van der Waals surface area contributed by atoms with Crippen molar-refractivity contribution in [1.29, 1.82) is 0 Å². The highest BCUT2D eigenvalue weighted by Crippen LogP contribution is 2.49. The number of likely N-dealkylation sites (N-methyl/N-ethyl adjacent to an activating group) is 1. The van der Waals surface area contributed by atoms with Crippen LogP contribution in [0.15, 0.2) is 23.2 Å². The zero-order valence-electron chi connectivity index (χ0n) is 14.5. The molecule has 0 aromatic heterocycles. The molecule has 4 rings (SSSR count). The number of hydrogen-bond acceptors (Lipinski definition) is 3. The van der Waals surface area contributed by atoms with Gasteiger partial charge < -0.3 is 5.73 Å². The molecule has 1 heterocycles. The van der Waals surface area contributed by atoms with Crippen molar-refractivity contribution in [1.82, 2.24) is 4.90 Å². The summed E-state index contributed by atoms with van der Waals surface area (Å²) in [5.41, 5.74) is 8.25. The van der Waals surface area contributed by atoms with E-state index in [0.717, 1.165) is 17.5 Å². The Hall–Kier alpha value is -2.28. The van der Waals surface area contributed by atoms with Crippen molar-refractivity contribution in [3.05, 3.63) is 34.9 Å². The molecule has 1 fully saturated rings. The zero-order valence-corrected chi connectivity index (χ0v) is 14.5. The van der Waals surface area contributed by atoms with Gasteiger partial charge in [0, 0.05) is 18.5 Å². The monoisotopic (exact) mass is 321 g/mol. The smallest absolute Gasteiger partial charge is 0.261 e. The Morgan fingerprint density at radius 3 is 2.71 bits per heavy atom. The van der Waals surface area contributed by atoms with E-state index >= 15 is 0 Å². The summed E-state index contributed by atoms with van der Waals surface area (Å²) in [6.07, 6.45) is 4.03. The number of carbonyl (C=O) groups is 1. The number of guanidine groups is 1. The van der Waals surface area contributed by atoms with Crippen LogP contribution in [-0.2, 0) is 16.8 Å². The van der Waals surface area contributed by atoms with Gasteiger partial charge >= 0.3 is 0 Å². The molecule has 0 saturated heterocycles. The highest BCUT2D eigenvalue weighted by Gasteiger charge is 2.54. The van der Waals surface area contributed by atoms with Crippen LogP contribution in [0.3, 0.4) is 0 Å². The molecule has 124 valence electrons. The Kier molecular flexibility index (Phi) is 3.09. The van der Waals surface area contributed by atoms with Crippen LogP contribution in [0.4, 0.5) is 0 Å². The molecular weight excluding hydrogens is 298 g/mol. The van der Waals surface area contributed by atoms with Crippen LogP contribution in [0.1, 0.15) is 49.8 Å². The lowest BCUT2D eigenvalue weighted by atomic mass is 9.65. The Morgan fingerprint density at radius 1 is 1.33 bits per heavy atom. The molecule has 4 nitrogen and oxygen atoms in total. The molecule has 0 bridgehead atoms. The molecule has 2 aliphatic carbocycles. The van der Waals surface area contributed by atoms with E-state index in [1.54, 1.807) is 7.05 Å². The van der Waals surface area contributed by atoms with Gasteiger partial charge in [-0.1, -0.05) is 31.8 Å². The van der Waals surface area contributed by atoms with Crippen molar-refractivity contribution in [2.24, 2.45) is 22.1 Å². The van der Waals surface area contributed by atoms with Crippen molar-refractivity contribution in [2.45, 2.75) is 45.1 Å². The van der Waals surface area contributed by atoms with E-state index < -0.39 is 5.54 Å². The van der Waals surface area contributed by atoms with Gasteiger partial charge in [0.25, 0.3) is 5.91 Å². The van der Waals surface area contributed by atoms with Crippen LogP contribution >= 0.6 is 0 Å². The topological polar surface area (TPSA) is 58.7 Å². The SMILES string of the molecule is CN1C(=O)C2(CC(C)(C)Cc3ccc(C#CC4CC4)cc32)N=C1N. The maximum Gasteiger partial charge on any atom is 0.261 e. The summed E-state index contributed by atoms with van der Waals surface area (Å²) >= 11 is 0. The number of hydrogen-bond donors (Lipinski definition) is 1. The fourth-order valence-corrected chi connectivity index (χ4v) is 3.96. The van der Waals surface area contributed by atoms with Gasteiger partial charge in [-0.15, -0.1) is 0 Å². The number of fused-ring (bicyclic) bond motifs is 2. The molecule has 2 N–H and O–H groups in total. The molecule has 1 spiro atoms. The summed E-state index contributed by atoms with van der Waals surface area (Å²) in [4.78, 5) is 19.2. The first kappa shape index (κ1) is 15.3. The van der Waals surface area contributed by atoms with Gasteiger partial charge in [-0.2, -0.15) is 0 Å². The van der Waals surface area contributed by atoms with E-state index in [4.69, 9.17) is 5.73 Å². The minimum Gasteiger partial charge on any atom is -0.369 e. The normalized spacial score (nSPS) is 27.5. The highest BCUT2D eigenvalue weighted by molar-refractivity contribution is 6.07. The number of aliphatic imine (C=N–C) groups is 1. The Bertz CT molecular complexity index is 823. The first-order valence-corrected chi connectivity index (χ1v) is 8.59. The molecule has 3 aliphatic rings. The van der Waals surface area contributed by atoms with Gasteiger partial charge in [0.2, 0.25) is 0 Å². The van der Waals surface area contributed by atoms with Crippen LogP contribution in [0, 0.1) is 23.2 Å². The number of carbonyl (C=O) groups excluding carboxylic acids is 1. The standard InChI is InChI=1S/C20H23N3O/c1-19(2)11-15-9-8-14(7-6-13-4-5-13)10-16(15)20(12-19)17(24)23(3)18(21)22-20/h8-10,13H,4-5,11-12H2,1-3H3,(H2,21,22). The van der Waals surface area contributed by atoms with Gasteiger partial charge in [-0.05, 0) is 54.4 Å². The second-order valence-electron chi connectivity index (χ2n) is 8.13. The van der Waals surface area contributed by atoms with E-state index in [0.29, 0.717) is 18.3 Å². The fourth-order valence-electron chi connectivity index (χ4n) is 3.96. The van der Waals surface area contributed by atoms with Crippen LogP contribution in [0.2, 0.25) is 0 Å². The number of nitrogens with zero attached hydrogens (tertiary/aromatic N) is 2. The third-order valence-corrected chi connectivity index (χ3v) is 5.26. The van der Waals surface area contributed by atoms with Gasteiger partial charge in [0.1, 0.15) is 0 Å². The van der Waals surface area contributed by atoms with Gasteiger partial charge in [0.15, 0.2) is 11.5 Å². The molecule has 1 saturated carbocycles. The summed E-state index contributed by atoms with van der Waals surface area (Å²) in [6, 6.07) is 6.25. The predicted octanol–water partition coefficient (Wildman–Crippen LogP) is 2.40. The van der Waals surface area contributed by atoms with Gasteiger partial charge in [-0.3, -0.25) is 9.69 Å². The second-order valence-corrected chi connectivity index (χ2v) is 8.13. The fraction of sp³-hybridized carbons (Fsp3) is 0.500. The summed E-state index contributed by atoms with van der Waals surface area (Å²) < 4.78 is 0. The van der Waals surface area contributed by atoms with E-state index in [-0.39, 0.29) is 11.3 Å². The Balaban J connectivity index is 1.86. The third kappa shape index (κ3) is 2.31. The molecule has 4 heteroatoms. The lowest BCUT2D eigenvalue weighted by Gasteiger charge is -2.41. The van der Waals surface area contributed by atoms with E-state index in [1.807, 2.05) is 0 Å². The lowest BCUT2D eigenvalue weighted by molar-refractivity contribution is -0.132. The summed E-state index contributed by atoms with van der Waals surface area (Å²) in [5, 5.41) is 0. The summed E-state index contributed by atoms with van der Waals surface area (Å²) in [7, 11) is 1.70. The lowest BCUT2D eigenvalue weighted by Crippen LogP contribution is -2.46. The average Bonchev–Trinajstić information content (AvgIpc) is 3.31. The Morgan fingerprint density at radius 2 is 2.08 bits per heavy atom. The van der Waals surface area contributed by atoms with Crippen LogP contribution in [0.25, 0.3) is 0 Å². The molecule has 1 amide bonds. The van der Waals surface area contributed by atoms with Crippen LogP contribution < -0.4 is 5.73 Å². The first-order chi connectivity index (χ1) is 11.3. The molecule has 0 radical (unpaired) electrons. The number of rotatable bonds is 0. The molecule has 24 heavy (non-hydrogen) atoms. The number of amides is 1. The molecule has 1 aliphatic heterocycles. The predicted molar refractivity (Wildman–Crippen MR) is 94.2 cm³/mol. The molecule has 1 aromatic rings. The third-order valence-electron chi connectivity index (χ3n) is 5.26. The molecule has 1 atom stereocenters. The van der Waals surface area contributed by atoms with Crippen molar-refractivity contribution in [2.75, 3.05) is 7.05 Å². The van der Waals surface area contributed by atoms with E-state index in [9.17, 15) is 4.79 Å². The number of benzene rings is 1. The maximum absolute atomic E-state index is 13.0. The van der Waals surface area contributed by atoms with Gasteiger partial charge in [-0.25, -0.2) is 4.99 Å². The van der Waals surface area contributed by atoms with E-state index in [1.165, 1.54) is 23.3 Å². The summed E-state index contributed by atoms with van der Waals surface area (Å²) in [6.45, 7) is 4.38. The summed E-state index contributed by atoms with van der Waals surface area (Å²) in [5.74, 6) is 7.40. The largest absolute Gasteiger partial charge is 0.369 e. The molecule has 1 unspecified atom stereocenters. The molecule has 1 aromatic carbocycles. The van der Waals surface area contributed by atoms with Crippen molar-refractivity contribution >= 4 is 11.9 Å². The Labute approximate surface area is 143 Å². The maximum atomic E-state index is 13.0. The van der Waals surface area contributed by atoms with Crippen molar-refractivity contribution in [3.63, 3.8) is 0 Å². The zero-order chi connectivity index (χ0) is 17.1. The minimum absolute atomic E-state index is 0.00116. The van der Waals surface area contributed by atoms with Crippen LogP contribution in [-0.4, -0.2) is 23.8 Å². The second kappa shape index (κ2) is 4.86. The van der Waals surface area contributed by atoms with Crippen molar-refractivity contribution < 1.29 is 4.79 Å². The minimum atomic E-state index is -0.882.